The van der Waals surface area contributed by atoms with Gasteiger partial charge in [0.15, 0.2) is 17.3 Å². The van der Waals surface area contributed by atoms with Gasteiger partial charge in [-0.15, -0.1) is 11.3 Å². The molecule has 0 saturated heterocycles. The molecule has 0 saturated carbocycles. The van der Waals surface area contributed by atoms with Crippen LogP contribution in [0.5, 0.6) is 11.5 Å². The van der Waals surface area contributed by atoms with Gasteiger partial charge in [-0.2, -0.15) is 0 Å². The molecule has 1 aromatic carbocycles. The minimum absolute atomic E-state index is 0.0628. The molecule has 0 radical (unpaired) electrons. The van der Waals surface area contributed by atoms with E-state index in [-0.39, 0.29) is 30.3 Å². The number of thiophene rings is 1. The molecule has 0 spiro atoms. The second kappa shape index (κ2) is 8.87. The Bertz CT molecular complexity index is 1120. The normalized spacial score (nSPS) is 10.7. The molecule has 1 amide bonds. The number of fused-ring (bicyclic) bond motifs is 1. The lowest BCUT2D eigenvalue weighted by molar-refractivity contribution is -0.117. The number of ether oxygens (including phenoxy) is 2. The molecule has 2 heterocycles. The third-order valence-corrected chi connectivity index (χ3v) is 5.08. The number of carbonyl (C=O) groups excluding carboxylic acids is 2. The number of ketones is 1. The van der Waals surface area contributed by atoms with Crippen LogP contribution in [0.15, 0.2) is 34.4 Å². The second-order valence-electron chi connectivity index (χ2n) is 6.35. The van der Waals surface area contributed by atoms with E-state index in [0.717, 1.165) is 0 Å². The van der Waals surface area contributed by atoms with Gasteiger partial charge in [-0.1, -0.05) is 0 Å². The van der Waals surface area contributed by atoms with Gasteiger partial charge < -0.3 is 9.47 Å². The standard InChI is InChI=1S/C20H21N3O5S/c1-12(24)14-6-7-16(17(11-14)27-3)28-9-4-5-18(25)22-23-13(2)21-19-15(20(23)26)8-10-29-19/h6-8,10-11H,4-5,9H2,1-3H3,(H,22,25). The van der Waals surface area contributed by atoms with Gasteiger partial charge in [0, 0.05) is 12.0 Å². The summed E-state index contributed by atoms with van der Waals surface area (Å²) in [5, 5.41) is 2.27. The summed E-state index contributed by atoms with van der Waals surface area (Å²) in [6.07, 6.45) is 0.604. The maximum Gasteiger partial charge on any atom is 0.281 e. The van der Waals surface area contributed by atoms with Crippen LogP contribution in [-0.4, -0.2) is 35.1 Å². The Morgan fingerprint density at radius 2 is 2.03 bits per heavy atom. The summed E-state index contributed by atoms with van der Waals surface area (Å²) < 4.78 is 12.1. The highest BCUT2D eigenvalue weighted by molar-refractivity contribution is 7.16. The number of nitrogens with one attached hydrogen (secondary N) is 1. The highest BCUT2D eigenvalue weighted by Gasteiger charge is 2.12. The van der Waals surface area contributed by atoms with Crippen molar-refractivity contribution in [3.63, 3.8) is 0 Å². The molecule has 3 aromatic rings. The lowest BCUT2D eigenvalue weighted by atomic mass is 10.1. The van der Waals surface area contributed by atoms with E-state index in [1.54, 1.807) is 36.6 Å². The van der Waals surface area contributed by atoms with E-state index in [1.165, 1.54) is 30.0 Å². The average Bonchev–Trinajstić information content (AvgIpc) is 3.16. The van der Waals surface area contributed by atoms with E-state index in [0.29, 0.717) is 39.5 Å². The molecule has 0 atom stereocenters. The third kappa shape index (κ3) is 4.62. The lowest BCUT2D eigenvalue weighted by Crippen LogP contribution is -2.35. The average molecular weight is 415 g/mol. The van der Waals surface area contributed by atoms with Crippen molar-refractivity contribution in [1.82, 2.24) is 9.66 Å². The fourth-order valence-corrected chi connectivity index (χ4v) is 3.55. The Kier molecular flexibility index (Phi) is 6.28. The molecule has 0 bridgehead atoms. The van der Waals surface area contributed by atoms with Crippen molar-refractivity contribution in [3.8, 4) is 11.5 Å². The number of aromatic nitrogens is 2. The zero-order chi connectivity index (χ0) is 21.0. The summed E-state index contributed by atoms with van der Waals surface area (Å²) in [7, 11) is 1.50. The van der Waals surface area contributed by atoms with Crippen LogP contribution in [0.4, 0.5) is 0 Å². The number of nitrogens with zero attached hydrogens (tertiary/aromatic N) is 2. The van der Waals surface area contributed by atoms with E-state index < -0.39 is 0 Å². The maximum atomic E-state index is 12.5. The summed E-state index contributed by atoms with van der Waals surface area (Å²) in [5.41, 5.74) is 2.83. The van der Waals surface area contributed by atoms with Crippen LogP contribution >= 0.6 is 11.3 Å². The molecule has 29 heavy (non-hydrogen) atoms. The molecular formula is C20H21N3O5S. The first-order chi connectivity index (χ1) is 13.9. The smallest absolute Gasteiger partial charge is 0.281 e. The number of rotatable bonds is 8. The van der Waals surface area contributed by atoms with Crippen LogP contribution in [0.1, 0.15) is 35.9 Å². The molecule has 8 nitrogen and oxygen atoms in total. The van der Waals surface area contributed by atoms with Crippen LogP contribution in [0.3, 0.4) is 0 Å². The summed E-state index contributed by atoms with van der Waals surface area (Å²) in [5.74, 6) is 1.00. The number of carbonyl (C=O) groups is 2. The van der Waals surface area contributed by atoms with Gasteiger partial charge >= 0.3 is 0 Å². The predicted octanol–water partition coefficient (Wildman–Crippen LogP) is 2.91. The molecule has 0 aliphatic rings. The van der Waals surface area contributed by atoms with Gasteiger partial charge in [-0.25, -0.2) is 9.66 Å². The number of hydrogen-bond donors (Lipinski definition) is 1. The summed E-state index contributed by atoms with van der Waals surface area (Å²) in [6, 6.07) is 6.64. The number of aryl methyl sites for hydroxylation is 1. The van der Waals surface area contributed by atoms with Gasteiger partial charge in [0.1, 0.15) is 10.7 Å². The van der Waals surface area contributed by atoms with Crippen molar-refractivity contribution >= 4 is 33.2 Å². The van der Waals surface area contributed by atoms with Crippen LogP contribution in [0.25, 0.3) is 10.2 Å². The molecule has 0 aliphatic carbocycles. The van der Waals surface area contributed by atoms with Gasteiger partial charge in [-0.05, 0) is 49.9 Å². The Hall–Kier alpha value is -3.20. The molecule has 0 aliphatic heterocycles. The van der Waals surface area contributed by atoms with E-state index >= 15 is 0 Å². The molecule has 0 fully saturated rings. The quantitative estimate of drug-likeness (QED) is 0.449. The van der Waals surface area contributed by atoms with Crippen molar-refractivity contribution in [2.45, 2.75) is 26.7 Å². The first-order valence-corrected chi connectivity index (χ1v) is 9.87. The number of methoxy groups -OCH3 is 1. The van der Waals surface area contributed by atoms with Crippen LogP contribution in [0, 0.1) is 6.92 Å². The zero-order valence-corrected chi connectivity index (χ0v) is 17.2. The fourth-order valence-electron chi connectivity index (χ4n) is 2.75. The van der Waals surface area contributed by atoms with Crippen LogP contribution in [-0.2, 0) is 4.79 Å². The second-order valence-corrected chi connectivity index (χ2v) is 7.24. The Morgan fingerprint density at radius 3 is 2.76 bits per heavy atom. The molecule has 1 N–H and O–H groups in total. The number of Topliss-reactive ketones (excluding diaryl/α,β-unsaturated/α-hetero) is 1. The van der Waals surface area contributed by atoms with Gasteiger partial charge in [0.25, 0.3) is 5.56 Å². The number of amides is 1. The summed E-state index contributed by atoms with van der Waals surface area (Å²) in [4.78, 5) is 41.1. The van der Waals surface area contributed by atoms with Crippen LogP contribution in [0.2, 0.25) is 0 Å². The van der Waals surface area contributed by atoms with E-state index in [1.807, 2.05) is 0 Å². The molecular weight excluding hydrogens is 394 g/mol. The molecule has 152 valence electrons. The summed E-state index contributed by atoms with van der Waals surface area (Å²) >= 11 is 1.38. The van der Waals surface area contributed by atoms with Crippen LogP contribution < -0.4 is 20.5 Å². The highest BCUT2D eigenvalue weighted by Crippen LogP contribution is 2.28. The first kappa shape index (κ1) is 20.5. The molecule has 9 heteroatoms. The number of hydrogen-bond acceptors (Lipinski definition) is 7. The first-order valence-electron chi connectivity index (χ1n) is 8.99. The Labute approximate surface area is 171 Å². The lowest BCUT2D eigenvalue weighted by Gasteiger charge is -2.12. The largest absolute Gasteiger partial charge is 0.493 e. The predicted molar refractivity (Wildman–Crippen MR) is 111 cm³/mol. The third-order valence-electron chi connectivity index (χ3n) is 4.28. The highest BCUT2D eigenvalue weighted by atomic mass is 32.1. The number of benzene rings is 1. The zero-order valence-electron chi connectivity index (χ0n) is 16.4. The Morgan fingerprint density at radius 1 is 1.24 bits per heavy atom. The van der Waals surface area contributed by atoms with Crippen molar-refractivity contribution in [1.29, 1.82) is 0 Å². The van der Waals surface area contributed by atoms with Crippen molar-refractivity contribution < 1.29 is 19.1 Å². The fraction of sp³-hybridized carbons (Fsp3) is 0.300. The van der Waals surface area contributed by atoms with Gasteiger partial charge in [-0.3, -0.25) is 19.8 Å². The molecule has 2 aromatic heterocycles. The SMILES string of the molecule is COc1cc(C(C)=O)ccc1OCCCC(=O)Nn1c(C)nc2sccc2c1=O. The topological polar surface area (TPSA) is 99.5 Å². The molecule has 0 unspecified atom stereocenters. The van der Waals surface area contributed by atoms with E-state index in [4.69, 9.17) is 9.47 Å². The van der Waals surface area contributed by atoms with Crippen molar-refractivity contribution in [2.75, 3.05) is 19.1 Å². The van der Waals surface area contributed by atoms with Gasteiger partial charge in [0.05, 0.1) is 19.1 Å². The Balaban J connectivity index is 1.56. The minimum atomic E-state index is -0.311. The van der Waals surface area contributed by atoms with E-state index in [2.05, 4.69) is 10.4 Å². The monoisotopic (exact) mass is 415 g/mol. The summed E-state index contributed by atoms with van der Waals surface area (Å²) in [6.45, 7) is 3.42. The molecule has 3 rings (SSSR count). The minimum Gasteiger partial charge on any atom is -0.493 e. The van der Waals surface area contributed by atoms with Crippen molar-refractivity contribution in [3.05, 3.63) is 51.4 Å². The van der Waals surface area contributed by atoms with Gasteiger partial charge in [0.2, 0.25) is 5.91 Å². The maximum absolute atomic E-state index is 12.5. The van der Waals surface area contributed by atoms with E-state index in [9.17, 15) is 14.4 Å². The van der Waals surface area contributed by atoms with Crippen molar-refractivity contribution in [2.24, 2.45) is 0 Å².